The van der Waals surface area contributed by atoms with Crippen LogP contribution in [0, 0.1) is 0 Å². The Bertz CT molecular complexity index is 777. The molecule has 1 fully saturated rings. The molecule has 1 N–H and O–H groups in total. The van der Waals surface area contributed by atoms with E-state index in [0.717, 1.165) is 63.0 Å². The van der Waals surface area contributed by atoms with E-state index in [1.54, 1.807) is 6.92 Å². The second-order valence-corrected chi connectivity index (χ2v) is 10.6. The highest BCUT2D eigenvalue weighted by molar-refractivity contribution is 7.89. The summed E-state index contributed by atoms with van der Waals surface area (Å²) in [5.74, 6) is 0. The molecule has 0 bridgehead atoms. The van der Waals surface area contributed by atoms with Crippen molar-refractivity contribution in [3.05, 3.63) is 29.8 Å². The van der Waals surface area contributed by atoms with Crippen molar-refractivity contribution in [3.63, 3.8) is 0 Å². The molecule has 0 aromatic heterocycles. The van der Waals surface area contributed by atoms with Crippen molar-refractivity contribution in [2.24, 2.45) is 0 Å². The van der Waals surface area contributed by atoms with E-state index in [9.17, 15) is 21.6 Å². The zero-order valence-corrected chi connectivity index (χ0v) is 20.7. The first kappa shape index (κ1) is 28.1. The lowest BCUT2D eigenvalue weighted by atomic mass is 9.93. The number of alkyl halides is 3. The van der Waals surface area contributed by atoms with Crippen LogP contribution < -0.4 is 5.32 Å². The van der Waals surface area contributed by atoms with Gasteiger partial charge < -0.3 is 10.1 Å². The molecule has 0 radical (unpaired) electrons. The summed E-state index contributed by atoms with van der Waals surface area (Å²) in [4.78, 5) is -0.0981. The minimum Gasteiger partial charge on any atom is -0.378 e. The second-order valence-electron chi connectivity index (χ2n) is 8.70. The van der Waals surface area contributed by atoms with E-state index in [4.69, 9.17) is 4.74 Å². The fourth-order valence-corrected chi connectivity index (χ4v) is 6.00. The quantitative estimate of drug-likeness (QED) is 0.343. The number of hydrogen-bond acceptors (Lipinski definition) is 4. The molecule has 0 spiro atoms. The van der Waals surface area contributed by atoms with Crippen LogP contribution in [-0.4, -0.2) is 51.1 Å². The Morgan fingerprint density at radius 3 is 2.12 bits per heavy atom. The number of unbranched alkanes of at least 4 members (excludes halogenated alkanes) is 3. The van der Waals surface area contributed by atoms with Gasteiger partial charge in [-0.1, -0.05) is 26.7 Å². The Kier molecular flexibility index (Phi) is 11.6. The van der Waals surface area contributed by atoms with Gasteiger partial charge in [0.25, 0.3) is 0 Å². The van der Waals surface area contributed by atoms with Gasteiger partial charge in [0.05, 0.1) is 16.6 Å². The van der Waals surface area contributed by atoms with Gasteiger partial charge in [-0.15, -0.1) is 0 Å². The topological polar surface area (TPSA) is 58.6 Å². The highest BCUT2D eigenvalue weighted by Crippen LogP contribution is 2.32. The van der Waals surface area contributed by atoms with Crippen LogP contribution in [0.4, 0.5) is 13.2 Å². The highest BCUT2D eigenvalue weighted by Gasteiger charge is 2.35. The third-order valence-corrected chi connectivity index (χ3v) is 8.25. The molecule has 1 aromatic carbocycles. The molecule has 0 aliphatic heterocycles. The zero-order valence-electron chi connectivity index (χ0n) is 19.9. The number of ether oxygens (including phenoxy) is 1. The number of nitrogens with zero attached hydrogens (tertiary/aromatic N) is 1. The van der Waals surface area contributed by atoms with Gasteiger partial charge in [-0.25, -0.2) is 8.42 Å². The molecule has 1 aliphatic rings. The summed E-state index contributed by atoms with van der Waals surface area (Å²) < 4.78 is 72.0. The summed E-state index contributed by atoms with van der Waals surface area (Å²) in [7, 11) is -3.85. The molecule has 1 saturated carbocycles. The molecule has 2 rings (SSSR count). The van der Waals surface area contributed by atoms with Crippen molar-refractivity contribution < 1.29 is 26.3 Å². The summed E-state index contributed by atoms with van der Waals surface area (Å²) in [6.45, 7) is 7.04. The van der Waals surface area contributed by atoms with E-state index in [2.05, 4.69) is 12.2 Å². The van der Waals surface area contributed by atoms with Crippen molar-refractivity contribution in [2.45, 2.75) is 94.9 Å². The van der Waals surface area contributed by atoms with Crippen LogP contribution in [0.15, 0.2) is 29.2 Å². The Morgan fingerprint density at radius 1 is 0.970 bits per heavy atom. The lowest BCUT2D eigenvalue weighted by molar-refractivity contribution is -0.137. The third-order valence-electron chi connectivity index (χ3n) is 6.21. The first-order valence-electron chi connectivity index (χ1n) is 12.2. The maximum atomic E-state index is 13.1. The predicted octanol–water partition coefficient (Wildman–Crippen LogP) is 5.60. The molecule has 0 saturated heterocycles. The summed E-state index contributed by atoms with van der Waals surface area (Å²) in [6.07, 6.45) is 4.42. The SMILES string of the molecule is CCCCCNCCCCOC1CCC(N(CC)S(=O)(=O)c2ccc(C(F)(F)F)cc2)CC1. The standard InChI is InChI=1S/C24H39F3N2O3S/c1-3-5-6-17-28-18-7-8-19-32-22-13-11-21(12-14-22)29(4-2)33(30,31)23-15-9-20(10-16-23)24(25,26)27/h9-10,15-16,21-22,28H,3-8,11-14,17-19H2,1-2H3. The van der Waals surface area contributed by atoms with E-state index in [1.165, 1.54) is 23.6 Å². The number of hydrogen-bond donors (Lipinski definition) is 1. The van der Waals surface area contributed by atoms with E-state index < -0.39 is 21.8 Å². The number of sulfonamides is 1. The van der Waals surface area contributed by atoms with E-state index in [0.29, 0.717) is 19.4 Å². The maximum absolute atomic E-state index is 13.1. The Morgan fingerprint density at radius 2 is 1.58 bits per heavy atom. The fourth-order valence-electron chi connectivity index (χ4n) is 4.30. The largest absolute Gasteiger partial charge is 0.416 e. The van der Waals surface area contributed by atoms with Crippen LogP contribution in [0.3, 0.4) is 0 Å². The lowest BCUT2D eigenvalue weighted by Gasteiger charge is -2.35. The van der Waals surface area contributed by atoms with Gasteiger partial charge in [0.1, 0.15) is 0 Å². The summed E-state index contributed by atoms with van der Waals surface area (Å²) in [6, 6.07) is 3.59. The summed E-state index contributed by atoms with van der Waals surface area (Å²) >= 11 is 0. The van der Waals surface area contributed by atoms with Crippen LogP contribution in [0.1, 0.15) is 77.2 Å². The van der Waals surface area contributed by atoms with E-state index in [1.807, 2.05) is 0 Å². The van der Waals surface area contributed by atoms with Gasteiger partial charge in [0, 0.05) is 19.2 Å². The Labute approximate surface area is 197 Å². The Hall–Kier alpha value is -1.16. The average Bonchev–Trinajstić information content (AvgIpc) is 2.79. The number of rotatable bonds is 14. The zero-order chi connectivity index (χ0) is 24.3. The second kappa shape index (κ2) is 13.7. The van der Waals surface area contributed by atoms with Gasteiger partial charge in [0.15, 0.2) is 0 Å². The molecule has 33 heavy (non-hydrogen) atoms. The minimum atomic E-state index is -4.49. The van der Waals surface area contributed by atoms with Crippen molar-refractivity contribution >= 4 is 10.0 Å². The number of nitrogens with one attached hydrogen (secondary N) is 1. The first-order chi connectivity index (χ1) is 15.7. The summed E-state index contributed by atoms with van der Waals surface area (Å²) in [5, 5.41) is 3.45. The van der Waals surface area contributed by atoms with Gasteiger partial charge in [0.2, 0.25) is 10.0 Å². The molecule has 0 amide bonds. The maximum Gasteiger partial charge on any atom is 0.416 e. The number of halogens is 3. The van der Waals surface area contributed by atoms with Crippen LogP contribution >= 0.6 is 0 Å². The highest BCUT2D eigenvalue weighted by atomic mass is 32.2. The van der Waals surface area contributed by atoms with Gasteiger partial charge in [-0.2, -0.15) is 17.5 Å². The predicted molar refractivity (Wildman–Crippen MR) is 125 cm³/mol. The number of benzene rings is 1. The molecule has 0 heterocycles. The summed E-state index contributed by atoms with van der Waals surface area (Å²) in [5.41, 5.74) is -0.852. The van der Waals surface area contributed by atoms with Crippen molar-refractivity contribution in [2.75, 3.05) is 26.2 Å². The van der Waals surface area contributed by atoms with Crippen molar-refractivity contribution in [1.82, 2.24) is 9.62 Å². The molecular formula is C24H39F3N2O3S. The van der Waals surface area contributed by atoms with E-state index >= 15 is 0 Å². The first-order valence-corrected chi connectivity index (χ1v) is 13.7. The third kappa shape index (κ3) is 8.85. The Balaban J connectivity index is 1.76. The molecule has 1 aliphatic carbocycles. The molecule has 190 valence electrons. The van der Waals surface area contributed by atoms with Gasteiger partial charge in [-0.05, 0) is 82.3 Å². The van der Waals surface area contributed by atoms with Gasteiger partial charge in [-0.3, -0.25) is 0 Å². The van der Waals surface area contributed by atoms with Crippen LogP contribution in [0.5, 0.6) is 0 Å². The van der Waals surface area contributed by atoms with Gasteiger partial charge >= 0.3 is 6.18 Å². The molecule has 0 atom stereocenters. The molecular weight excluding hydrogens is 453 g/mol. The molecule has 9 heteroatoms. The fraction of sp³-hybridized carbons (Fsp3) is 0.750. The molecule has 0 unspecified atom stereocenters. The van der Waals surface area contributed by atoms with Crippen LogP contribution in [0.2, 0.25) is 0 Å². The average molecular weight is 493 g/mol. The van der Waals surface area contributed by atoms with E-state index in [-0.39, 0.29) is 23.6 Å². The smallest absolute Gasteiger partial charge is 0.378 e. The molecule has 1 aromatic rings. The lowest BCUT2D eigenvalue weighted by Crippen LogP contribution is -2.43. The van der Waals surface area contributed by atoms with Crippen LogP contribution in [-0.2, 0) is 20.9 Å². The normalized spacial score (nSPS) is 19.8. The van der Waals surface area contributed by atoms with Crippen molar-refractivity contribution in [3.8, 4) is 0 Å². The minimum absolute atomic E-state index is 0.0981. The van der Waals surface area contributed by atoms with Crippen LogP contribution in [0.25, 0.3) is 0 Å². The monoisotopic (exact) mass is 492 g/mol. The van der Waals surface area contributed by atoms with Crippen molar-refractivity contribution in [1.29, 1.82) is 0 Å². The molecule has 5 nitrogen and oxygen atoms in total.